The average molecular weight is 378 g/mol. The summed E-state index contributed by atoms with van der Waals surface area (Å²) in [5, 5.41) is 10.6. The normalized spacial score (nSPS) is 15.0. The van der Waals surface area contributed by atoms with E-state index in [9.17, 15) is 14.9 Å². The van der Waals surface area contributed by atoms with Gasteiger partial charge in [-0.15, -0.1) is 12.4 Å². The van der Waals surface area contributed by atoms with Crippen LogP contribution in [-0.4, -0.2) is 46.8 Å². The van der Waals surface area contributed by atoms with Crippen LogP contribution in [-0.2, 0) is 11.3 Å². The molecule has 0 aliphatic carbocycles. The van der Waals surface area contributed by atoms with E-state index >= 15 is 0 Å². The van der Waals surface area contributed by atoms with Crippen LogP contribution in [0.1, 0.15) is 11.3 Å². The third kappa shape index (κ3) is 5.18. The third-order valence-corrected chi connectivity index (χ3v) is 4.12. The molecule has 1 aromatic heterocycles. The largest absolute Gasteiger partial charge is 0.433 e. The lowest BCUT2D eigenvalue weighted by Crippen LogP contribution is -2.47. The summed E-state index contributed by atoms with van der Waals surface area (Å²) in [5.74, 6) is -0.150. The highest BCUT2D eigenvalue weighted by Gasteiger charge is 2.19. The van der Waals surface area contributed by atoms with Crippen LogP contribution in [0.15, 0.2) is 53.0 Å². The fourth-order valence-electron chi connectivity index (χ4n) is 2.76. The van der Waals surface area contributed by atoms with E-state index in [1.807, 2.05) is 18.2 Å². The molecule has 26 heavy (non-hydrogen) atoms. The molecule has 0 spiro atoms. The molecule has 0 atom stereocenters. The van der Waals surface area contributed by atoms with E-state index in [2.05, 4.69) is 17.0 Å². The van der Waals surface area contributed by atoms with Gasteiger partial charge in [0.1, 0.15) is 10.7 Å². The second kappa shape index (κ2) is 9.17. The number of rotatable bonds is 5. The molecule has 8 heteroatoms. The first-order valence-corrected chi connectivity index (χ1v) is 8.09. The van der Waals surface area contributed by atoms with Crippen molar-refractivity contribution in [2.75, 3.05) is 26.2 Å². The molecule has 0 unspecified atom stereocenters. The molecule has 138 valence electrons. The number of furan rings is 1. The molecule has 3 rings (SSSR count). The fourth-order valence-corrected chi connectivity index (χ4v) is 2.76. The number of carbonyl (C=O) groups excluding carboxylic acids is 1. The Balaban J connectivity index is 0.00000243. The Bertz CT molecular complexity index is 768. The molecule has 0 radical (unpaired) electrons. The monoisotopic (exact) mass is 377 g/mol. The topological polar surface area (TPSA) is 79.8 Å². The van der Waals surface area contributed by atoms with Gasteiger partial charge in [-0.25, -0.2) is 0 Å². The average Bonchev–Trinajstić information content (AvgIpc) is 3.11. The van der Waals surface area contributed by atoms with Crippen molar-refractivity contribution in [2.45, 2.75) is 6.54 Å². The molecule has 0 saturated carbocycles. The Kier molecular flexibility index (Phi) is 6.94. The van der Waals surface area contributed by atoms with Gasteiger partial charge in [0.2, 0.25) is 5.91 Å². The van der Waals surface area contributed by atoms with Gasteiger partial charge >= 0.3 is 5.88 Å². The van der Waals surface area contributed by atoms with Crippen LogP contribution in [0.25, 0.3) is 6.08 Å². The van der Waals surface area contributed by atoms with Gasteiger partial charge in [0, 0.05) is 38.8 Å². The van der Waals surface area contributed by atoms with E-state index in [-0.39, 0.29) is 24.2 Å². The van der Waals surface area contributed by atoms with Gasteiger partial charge in [0.05, 0.1) is 6.07 Å². The SMILES string of the molecule is Cl.O=C(C=Cc1ccc([N+](=O)[O-])o1)N1CCN(Cc2ccccc2)CC1. The van der Waals surface area contributed by atoms with E-state index in [0.717, 1.165) is 19.6 Å². The van der Waals surface area contributed by atoms with Crippen LogP contribution in [0, 0.1) is 10.1 Å². The molecule has 1 saturated heterocycles. The van der Waals surface area contributed by atoms with Crippen molar-refractivity contribution < 1.29 is 14.1 Å². The third-order valence-electron chi connectivity index (χ3n) is 4.12. The van der Waals surface area contributed by atoms with Gasteiger partial charge in [0.25, 0.3) is 0 Å². The lowest BCUT2D eigenvalue weighted by atomic mass is 10.2. The number of piperazine rings is 1. The summed E-state index contributed by atoms with van der Waals surface area (Å²) in [4.78, 5) is 26.3. The molecule has 2 heterocycles. The van der Waals surface area contributed by atoms with Crippen molar-refractivity contribution in [3.63, 3.8) is 0 Å². The maximum Gasteiger partial charge on any atom is 0.433 e. The molecular weight excluding hydrogens is 358 g/mol. The molecule has 1 aliphatic heterocycles. The molecule has 1 aromatic carbocycles. The van der Waals surface area contributed by atoms with Crippen LogP contribution >= 0.6 is 12.4 Å². The van der Waals surface area contributed by atoms with Crippen molar-refractivity contribution >= 4 is 30.3 Å². The number of nitro groups is 1. The molecular formula is C18H20ClN3O4. The summed E-state index contributed by atoms with van der Waals surface area (Å²) < 4.78 is 5.00. The number of hydrogen-bond donors (Lipinski definition) is 0. The van der Waals surface area contributed by atoms with Crippen molar-refractivity contribution in [3.8, 4) is 0 Å². The standard InChI is InChI=1S/C18H19N3O4.ClH/c22-17(8-6-16-7-9-18(25-16)21(23)24)20-12-10-19(11-13-20)14-15-4-2-1-3-5-15;/h1-9H,10-14H2;1H. The van der Waals surface area contributed by atoms with E-state index in [1.165, 1.54) is 29.8 Å². The first-order valence-electron chi connectivity index (χ1n) is 8.09. The molecule has 1 aliphatic rings. The van der Waals surface area contributed by atoms with Crippen LogP contribution in [0.2, 0.25) is 0 Å². The van der Waals surface area contributed by atoms with Gasteiger partial charge in [-0.05, 0) is 17.7 Å². The molecule has 0 bridgehead atoms. The predicted molar refractivity (Wildman–Crippen MR) is 99.9 cm³/mol. The maximum atomic E-state index is 12.2. The number of amides is 1. The quantitative estimate of drug-likeness (QED) is 0.454. The summed E-state index contributed by atoms with van der Waals surface area (Å²) >= 11 is 0. The summed E-state index contributed by atoms with van der Waals surface area (Å²) in [6, 6.07) is 13.0. The minimum atomic E-state index is -0.606. The van der Waals surface area contributed by atoms with Crippen LogP contribution < -0.4 is 0 Å². The maximum absolute atomic E-state index is 12.2. The fraction of sp³-hybridized carbons (Fsp3) is 0.278. The summed E-state index contributed by atoms with van der Waals surface area (Å²) in [7, 11) is 0. The summed E-state index contributed by atoms with van der Waals surface area (Å²) in [6.45, 7) is 3.85. The van der Waals surface area contributed by atoms with E-state index < -0.39 is 4.92 Å². The van der Waals surface area contributed by atoms with Crippen LogP contribution in [0.4, 0.5) is 5.88 Å². The van der Waals surface area contributed by atoms with Crippen molar-refractivity contribution in [1.82, 2.24) is 9.80 Å². The Morgan fingerprint density at radius 2 is 1.81 bits per heavy atom. The van der Waals surface area contributed by atoms with Crippen molar-refractivity contribution in [1.29, 1.82) is 0 Å². The predicted octanol–water partition coefficient (Wildman–Crippen LogP) is 2.97. The Hall–Kier alpha value is -2.64. The van der Waals surface area contributed by atoms with Crippen LogP contribution in [0.5, 0.6) is 0 Å². The lowest BCUT2D eigenvalue weighted by Gasteiger charge is -2.34. The van der Waals surface area contributed by atoms with Gasteiger partial charge in [-0.2, -0.15) is 0 Å². The highest BCUT2D eigenvalue weighted by molar-refractivity contribution is 5.91. The lowest BCUT2D eigenvalue weighted by molar-refractivity contribution is -0.402. The second-order valence-electron chi connectivity index (χ2n) is 5.85. The zero-order valence-corrected chi connectivity index (χ0v) is 14.9. The second-order valence-corrected chi connectivity index (χ2v) is 5.85. The highest BCUT2D eigenvalue weighted by Crippen LogP contribution is 2.17. The van der Waals surface area contributed by atoms with Crippen molar-refractivity contribution in [2.24, 2.45) is 0 Å². The van der Waals surface area contributed by atoms with Crippen LogP contribution in [0.3, 0.4) is 0 Å². The molecule has 1 amide bonds. The van der Waals surface area contributed by atoms with E-state index in [0.29, 0.717) is 18.8 Å². The summed E-state index contributed by atoms with van der Waals surface area (Å²) in [6.07, 6.45) is 2.86. The van der Waals surface area contributed by atoms with Gasteiger partial charge in [-0.1, -0.05) is 30.3 Å². The molecule has 2 aromatic rings. The highest BCUT2D eigenvalue weighted by atomic mass is 35.5. The van der Waals surface area contributed by atoms with Gasteiger partial charge in [0.15, 0.2) is 0 Å². The minimum absolute atomic E-state index is 0. The van der Waals surface area contributed by atoms with E-state index in [1.54, 1.807) is 4.90 Å². The number of halogens is 1. The zero-order chi connectivity index (χ0) is 17.6. The van der Waals surface area contributed by atoms with Crippen molar-refractivity contribution in [3.05, 3.63) is 70.0 Å². The number of benzene rings is 1. The first-order chi connectivity index (χ1) is 12.1. The Morgan fingerprint density at radius 1 is 1.12 bits per heavy atom. The number of nitrogens with zero attached hydrogens (tertiary/aromatic N) is 3. The number of carbonyl (C=O) groups is 1. The molecule has 1 fully saturated rings. The minimum Gasteiger partial charge on any atom is -0.401 e. The van der Waals surface area contributed by atoms with Gasteiger partial charge < -0.3 is 9.32 Å². The van der Waals surface area contributed by atoms with E-state index in [4.69, 9.17) is 4.42 Å². The number of hydrogen-bond acceptors (Lipinski definition) is 5. The molecule has 7 nitrogen and oxygen atoms in total. The van der Waals surface area contributed by atoms with Gasteiger partial charge in [-0.3, -0.25) is 19.8 Å². The zero-order valence-electron chi connectivity index (χ0n) is 14.1. The summed E-state index contributed by atoms with van der Waals surface area (Å²) in [5.41, 5.74) is 1.27. The first kappa shape index (κ1) is 19.7. The molecule has 0 N–H and O–H groups in total. The smallest absolute Gasteiger partial charge is 0.401 e. The Morgan fingerprint density at radius 3 is 2.42 bits per heavy atom. The Labute approximate surface area is 157 Å².